The molecule has 0 aliphatic carbocycles. The van der Waals surface area contributed by atoms with Gasteiger partial charge in [0, 0.05) is 6.42 Å². The van der Waals surface area contributed by atoms with Crippen molar-refractivity contribution in [1.29, 1.82) is 0 Å². The Bertz CT molecular complexity index is 742. The molecule has 1 aromatic heterocycles. The van der Waals surface area contributed by atoms with Gasteiger partial charge < -0.3 is 0 Å². The van der Waals surface area contributed by atoms with Gasteiger partial charge in [0.2, 0.25) is 0 Å². The summed E-state index contributed by atoms with van der Waals surface area (Å²) in [5.41, 5.74) is 3.73. The fourth-order valence-electron chi connectivity index (χ4n) is 2.27. The number of hydrogen-bond donors (Lipinski definition) is 0. The molecular weight excluding hydrogens is 260 g/mol. The number of rotatable bonds is 4. The van der Waals surface area contributed by atoms with Crippen LogP contribution in [0.2, 0.25) is 0 Å². The highest BCUT2D eigenvalue weighted by Crippen LogP contribution is 2.13. The maximum Gasteiger partial charge on any atom is 0.185 e. The van der Waals surface area contributed by atoms with Crippen LogP contribution in [-0.2, 0) is 6.42 Å². The van der Waals surface area contributed by atoms with Crippen LogP contribution in [-0.4, -0.2) is 15.6 Å². The van der Waals surface area contributed by atoms with Crippen LogP contribution in [0, 0.1) is 6.92 Å². The lowest BCUT2D eigenvalue weighted by molar-refractivity contribution is 0.0985. The molecule has 0 unspecified atom stereocenters. The number of Topliss-reactive ketones (excluding diaryl/α,β-unsaturated/α-hetero) is 1. The molecule has 0 aliphatic rings. The number of aryl methyl sites for hydroxylation is 1. The van der Waals surface area contributed by atoms with E-state index in [1.165, 1.54) is 5.56 Å². The van der Waals surface area contributed by atoms with Crippen LogP contribution >= 0.6 is 0 Å². The maximum atomic E-state index is 12.5. The molecule has 3 aromatic rings. The topological polar surface area (TPSA) is 34.9 Å². The Balaban J connectivity index is 1.86. The van der Waals surface area contributed by atoms with Crippen molar-refractivity contribution in [2.24, 2.45) is 0 Å². The maximum absolute atomic E-state index is 12.5. The van der Waals surface area contributed by atoms with E-state index in [9.17, 15) is 4.79 Å². The summed E-state index contributed by atoms with van der Waals surface area (Å²) in [6.07, 6.45) is 2.05. The fraction of sp³-hybridized carbons (Fsp3) is 0.111. The highest BCUT2D eigenvalue weighted by atomic mass is 16.1. The number of carbonyl (C=O) groups is 1. The lowest BCUT2D eigenvalue weighted by Gasteiger charge is -2.07. The third-order valence-electron chi connectivity index (χ3n) is 3.41. The Morgan fingerprint density at radius 2 is 1.71 bits per heavy atom. The van der Waals surface area contributed by atoms with Gasteiger partial charge in [-0.15, -0.1) is 0 Å². The molecule has 0 saturated carbocycles. The summed E-state index contributed by atoms with van der Waals surface area (Å²) in [5, 5.41) is 4.26. The predicted octanol–water partition coefficient (Wildman–Crippen LogP) is 3.61. The Morgan fingerprint density at radius 3 is 2.43 bits per heavy atom. The second kappa shape index (κ2) is 5.75. The molecule has 0 spiro atoms. The highest BCUT2D eigenvalue weighted by molar-refractivity contribution is 5.96. The van der Waals surface area contributed by atoms with Gasteiger partial charge in [0.05, 0.1) is 11.9 Å². The first-order valence-corrected chi connectivity index (χ1v) is 6.92. The van der Waals surface area contributed by atoms with E-state index < -0.39 is 0 Å². The largest absolute Gasteiger partial charge is 0.292 e. The molecule has 0 fully saturated rings. The van der Waals surface area contributed by atoms with Gasteiger partial charge in [0.1, 0.15) is 5.69 Å². The summed E-state index contributed by atoms with van der Waals surface area (Å²) >= 11 is 0. The molecule has 104 valence electrons. The van der Waals surface area contributed by atoms with E-state index in [4.69, 9.17) is 0 Å². The van der Waals surface area contributed by atoms with Crippen LogP contribution in [0.5, 0.6) is 0 Å². The number of benzene rings is 2. The number of carbonyl (C=O) groups excluding carboxylic acids is 1. The van der Waals surface area contributed by atoms with Crippen molar-refractivity contribution < 1.29 is 4.79 Å². The number of nitrogens with zero attached hydrogens (tertiary/aromatic N) is 2. The molecule has 0 radical (unpaired) electrons. The number of hydrogen-bond acceptors (Lipinski definition) is 2. The monoisotopic (exact) mass is 276 g/mol. The van der Waals surface area contributed by atoms with Crippen molar-refractivity contribution in [3.8, 4) is 5.69 Å². The van der Waals surface area contributed by atoms with E-state index in [2.05, 4.69) is 5.10 Å². The molecule has 3 heteroatoms. The molecule has 0 amide bonds. The second-order valence-electron chi connectivity index (χ2n) is 5.05. The van der Waals surface area contributed by atoms with Crippen LogP contribution < -0.4 is 0 Å². The Labute approximate surface area is 123 Å². The quantitative estimate of drug-likeness (QED) is 0.682. The van der Waals surface area contributed by atoms with Crippen molar-refractivity contribution in [3.63, 3.8) is 0 Å². The Morgan fingerprint density at radius 1 is 1.00 bits per heavy atom. The van der Waals surface area contributed by atoms with Gasteiger partial charge in [-0.3, -0.25) is 4.79 Å². The van der Waals surface area contributed by atoms with Gasteiger partial charge in [0.25, 0.3) is 0 Å². The van der Waals surface area contributed by atoms with E-state index in [0.717, 1.165) is 11.3 Å². The second-order valence-corrected chi connectivity index (χ2v) is 5.05. The van der Waals surface area contributed by atoms with Gasteiger partial charge >= 0.3 is 0 Å². The predicted molar refractivity (Wildman–Crippen MR) is 82.8 cm³/mol. The number of aromatic nitrogens is 2. The molecule has 3 rings (SSSR count). The zero-order chi connectivity index (χ0) is 14.7. The molecule has 0 saturated heterocycles. The third-order valence-corrected chi connectivity index (χ3v) is 3.41. The summed E-state index contributed by atoms with van der Waals surface area (Å²) in [7, 11) is 0. The zero-order valence-corrected chi connectivity index (χ0v) is 11.9. The summed E-state index contributed by atoms with van der Waals surface area (Å²) in [4.78, 5) is 12.5. The van der Waals surface area contributed by atoms with E-state index in [1.807, 2.05) is 61.5 Å². The van der Waals surface area contributed by atoms with Crippen molar-refractivity contribution in [2.45, 2.75) is 13.3 Å². The van der Waals surface area contributed by atoms with E-state index in [0.29, 0.717) is 12.1 Å². The van der Waals surface area contributed by atoms with Crippen LogP contribution in [0.3, 0.4) is 0 Å². The van der Waals surface area contributed by atoms with Gasteiger partial charge in [-0.25, -0.2) is 4.68 Å². The number of para-hydroxylation sites is 1. The van der Waals surface area contributed by atoms with Crippen LogP contribution in [0.15, 0.2) is 66.9 Å². The van der Waals surface area contributed by atoms with E-state index in [1.54, 1.807) is 16.9 Å². The lowest BCUT2D eigenvalue weighted by atomic mass is 10.1. The fourth-order valence-corrected chi connectivity index (χ4v) is 2.27. The highest BCUT2D eigenvalue weighted by Gasteiger charge is 2.13. The van der Waals surface area contributed by atoms with Crippen LogP contribution in [0.25, 0.3) is 5.69 Å². The molecule has 0 N–H and O–H groups in total. The van der Waals surface area contributed by atoms with Gasteiger partial charge in [-0.05, 0) is 30.7 Å². The van der Waals surface area contributed by atoms with E-state index >= 15 is 0 Å². The SMILES string of the molecule is Cc1ccc(CC(=O)c2ccnn2-c2ccccc2)cc1. The van der Waals surface area contributed by atoms with Crippen LogP contribution in [0.4, 0.5) is 0 Å². The van der Waals surface area contributed by atoms with Crippen molar-refractivity contribution in [1.82, 2.24) is 9.78 Å². The summed E-state index contributed by atoms with van der Waals surface area (Å²) in [6, 6.07) is 19.5. The summed E-state index contributed by atoms with van der Waals surface area (Å²) in [6.45, 7) is 2.04. The minimum Gasteiger partial charge on any atom is -0.292 e. The van der Waals surface area contributed by atoms with Gasteiger partial charge in [-0.2, -0.15) is 5.10 Å². The van der Waals surface area contributed by atoms with Gasteiger partial charge in [-0.1, -0.05) is 48.0 Å². The minimum absolute atomic E-state index is 0.0696. The van der Waals surface area contributed by atoms with Crippen molar-refractivity contribution in [3.05, 3.63) is 83.7 Å². The van der Waals surface area contributed by atoms with Crippen molar-refractivity contribution >= 4 is 5.78 Å². The number of ketones is 1. The van der Waals surface area contributed by atoms with E-state index in [-0.39, 0.29) is 5.78 Å². The van der Waals surface area contributed by atoms with Crippen molar-refractivity contribution in [2.75, 3.05) is 0 Å². The molecule has 21 heavy (non-hydrogen) atoms. The third kappa shape index (κ3) is 2.92. The minimum atomic E-state index is 0.0696. The lowest BCUT2D eigenvalue weighted by Crippen LogP contribution is -2.11. The first-order chi connectivity index (χ1) is 10.2. The molecule has 0 atom stereocenters. The molecule has 3 nitrogen and oxygen atoms in total. The standard InChI is InChI=1S/C18H16N2O/c1-14-7-9-15(10-8-14)13-18(21)17-11-12-19-20(17)16-5-3-2-4-6-16/h2-12H,13H2,1H3. The Hall–Kier alpha value is -2.68. The molecule has 2 aromatic carbocycles. The van der Waals surface area contributed by atoms with Gasteiger partial charge in [0.15, 0.2) is 5.78 Å². The molecule has 0 bridgehead atoms. The molecular formula is C18H16N2O. The normalized spacial score (nSPS) is 10.5. The molecule has 0 aliphatic heterocycles. The van der Waals surface area contributed by atoms with Crippen LogP contribution in [0.1, 0.15) is 21.6 Å². The zero-order valence-electron chi connectivity index (χ0n) is 11.9. The first-order valence-electron chi connectivity index (χ1n) is 6.92. The average molecular weight is 276 g/mol. The summed E-state index contributed by atoms with van der Waals surface area (Å²) < 4.78 is 1.69. The Kier molecular flexibility index (Phi) is 3.65. The smallest absolute Gasteiger partial charge is 0.185 e. The average Bonchev–Trinajstić information content (AvgIpc) is 3.00. The molecule has 1 heterocycles. The summed E-state index contributed by atoms with van der Waals surface area (Å²) in [5.74, 6) is 0.0696. The first kappa shape index (κ1) is 13.3.